The molecule has 0 saturated carbocycles. The van der Waals surface area contributed by atoms with Crippen LogP contribution in [0.15, 0.2) is 0 Å². The molecule has 0 aromatic rings. The molecule has 0 bridgehead atoms. The van der Waals surface area contributed by atoms with Gasteiger partial charge in [-0.1, -0.05) is 33.1 Å². The molecule has 1 heterocycles. The molecule has 0 aliphatic carbocycles. The number of alkyl carbamates (subject to hydrolysis) is 1. The number of unbranched alkanes of at least 4 members (excludes halogenated alkanes) is 3. The van der Waals surface area contributed by atoms with Gasteiger partial charge in [0.25, 0.3) is 0 Å². The maximum Gasteiger partial charge on any atom is 0.409 e. The Morgan fingerprint density at radius 2 is 1.95 bits per heavy atom. The molecule has 7 nitrogen and oxygen atoms in total. The summed E-state index contributed by atoms with van der Waals surface area (Å²) in [6.07, 6.45) is -0.710. The number of nitrogens with one attached hydrogen (secondary N) is 1. The Morgan fingerprint density at radius 1 is 1.24 bits per heavy atom. The number of hydrogen-bond acceptors (Lipinski definition) is 6. The van der Waals surface area contributed by atoms with E-state index in [1.165, 1.54) is 0 Å². The summed E-state index contributed by atoms with van der Waals surface area (Å²) in [4.78, 5) is 11.6. The van der Waals surface area contributed by atoms with Gasteiger partial charge in [-0.25, -0.2) is 4.79 Å². The number of carbonyl (C=O) groups is 1. The van der Waals surface area contributed by atoms with E-state index in [0.717, 1.165) is 25.7 Å². The Hall–Kier alpha value is -0.890. The summed E-state index contributed by atoms with van der Waals surface area (Å²) < 4.78 is 10.2. The van der Waals surface area contributed by atoms with Gasteiger partial charge in [-0.3, -0.25) is 0 Å². The number of aliphatic hydroxyl groups is 3. The molecule has 4 N–H and O–H groups in total. The van der Waals surface area contributed by atoms with Gasteiger partial charge in [-0.15, -0.1) is 0 Å². The standard InChI is InChI=1S/C14H27NO6/c1-3-4-5-6-7-15-14(19)21-13-12(18)9(2)11(17)10(8-16)20-13/h9-13,16-18H,3-8H2,1-2H3,(H,15,19)/t9-,10+,11-,12+,13?/m0/s1. The lowest BCUT2D eigenvalue weighted by Gasteiger charge is -2.40. The fourth-order valence-corrected chi connectivity index (χ4v) is 2.26. The van der Waals surface area contributed by atoms with E-state index in [9.17, 15) is 15.0 Å². The van der Waals surface area contributed by atoms with Crippen molar-refractivity contribution >= 4 is 6.09 Å². The highest BCUT2D eigenvalue weighted by Gasteiger charge is 2.43. The Bertz CT molecular complexity index is 312. The third-order valence-electron chi connectivity index (χ3n) is 3.75. The molecular weight excluding hydrogens is 278 g/mol. The monoisotopic (exact) mass is 305 g/mol. The zero-order valence-corrected chi connectivity index (χ0v) is 12.7. The van der Waals surface area contributed by atoms with Crippen LogP contribution < -0.4 is 5.32 Å². The van der Waals surface area contributed by atoms with Crippen molar-refractivity contribution in [1.29, 1.82) is 0 Å². The largest absolute Gasteiger partial charge is 0.417 e. The number of ether oxygens (including phenoxy) is 2. The van der Waals surface area contributed by atoms with Gasteiger partial charge in [-0.2, -0.15) is 0 Å². The molecule has 0 radical (unpaired) electrons. The molecule has 5 atom stereocenters. The van der Waals surface area contributed by atoms with Crippen LogP contribution in [0, 0.1) is 5.92 Å². The van der Waals surface area contributed by atoms with E-state index in [4.69, 9.17) is 14.6 Å². The first-order chi connectivity index (χ1) is 10.0. The van der Waals surface area contributed by atoms with E-state index in [2.05, 4.69) is 12.2 Å². The Balaban J connectivity index is 2.36. The van der Waals surface area contributed by atoms with Crippen molar-refractivity contribution in [3.8, 4) is 0 Å². The molecular formula is C14H27NO6. The maximum atomic E-state index is 11.6. The number of aliphatic hydroxyl groups excluding tert-OH is 3. The fraction of sp³-hybridized carbons (Fsp3) is 0.929. The van der Waals surface area contributed by atoms with Crippen molar-refractivity contribution in [3.63, 3.8) is 0 Å². The zero-order valence-electron chi connectivity index (χ0n) is 12.7. The highest BCUT2D eigenvalue weighted by atomic mass is 16.7. The van der Waals surface area contributed by atoms with Crippen LogP contribution in [0.1, 0.15) is 39.5 Å². The predicted molar refractivity (Wildman–Crippen MR) is 75.6 cm³/mol. The van der Waals surface area contributed by atoms with Crippen molar-refractivity contribution in [2.24, 2.45) is 5.92 Å². The molecule has 0 spiro atoms. The van der Waals surface area contributed by atoms with Gasteiger partial charge in [0.05, 0.1) is 12.7 Å². The number of rotatable bonds is 7. The average Bonchev–Trinajstić information content (AvgIpc) is 2.47. The summed E-state index contributed by atoms with van der Waals surface area (Å²) in [6.45, 7) is 3.82. The van der Waals surface area contributed by atoms with Gasteiger partial charge >= 0.3 is 6.09 Å². The van der Waals surface area contributed by atoms with Crippen LogP contribution in [0.25, 0.3) is 0 Å². The van der Waals surface area contributed by atoms with Crippen molar-refractivity contribution in [2.75, 3.05) is 13.2 Å². The topological polar surface area (TPSA) is 108 Å². The SMILES string of the molecule is CCCCCCNC(=O)OC1O[C@H](CO)[C@@H](O)[C@H](C)[C@H]1O. The minimum atomic E-state index is -1.18. The lowest BCUT2D eigenvalue weighted by Crippen LogP contribution is -2.56. The van der Waals surface area contributed by atoms with E-state index in [-0.39, 0.29) is 0 Å². The minimum absolute atomic E-state index is 0.406. The van der Waals surface area contributed by atoms with E-state index >= 15 is 0 Å². The van der Waals surface area contributed by atoms with E-state index < -0.39 is 43.2 Å². The first-order valence-corrected chi connectivity index (χ1v) is 7.58. The molecule has 1 amide bonds. The molecule has 124 valence electrons. The second-order valence-electron chi connectivity index (χ2n) is 5.46. The second-order valence-corrected chi connectivity index (χ2v) is 5.46. The summed E-state index contributed by atoms with van der Waals surface area (Å²) >= 11 is 0. The fourth-order valence-electron chi connectivity index (χ4n) is 2.26. The van der Waals surface area contributed by atoms with Gasteiger partial charge < -0.3 is 30.1 Å². The van der Waals surface area contributed by atoms with E-state index in [1.54, 1.807) is 6.92 Å². The van der Waals surface area contributed by atoms with Crippen LogP contribution in [0.4, 0.5) is 4.79 Å². The zero-order chi connectivity index (χ0) is 15.8. The van der Waals surface area contributed by atoms with Crippen molar-refractivity contribution < 1.29 is 29.6 Å². The number of hydrogen-bond donors (Lipinski definition) is 4. The molecule has 1 aliphatic heterocycles. The first kappa shape index (κ1) is 18.2. The summed E-state index contributed by atoms with van der Waals surface area (Å²) in [5, 5.41) is 31.4. The van der Waals surface area contributed by atoms with Crippen molar-refractivity contribution in [2.45, 2.75) is 64.1 Å². The maximum absolute atomic E-state index is 11.6. The average molecular weight is 305 g/mol. The van der Waals surface area contributed by atoms with Crippen LogP contribution in [0.5, 0.6) is 0 Å². The normalized spacial score (nSPS) is 32.7. The molecule has 1 rings (SSSR count). The van der Waals surface area contributed by atoms with Gasteiger partial charge in [0.2, 0.25) is 6.29 Å². The number of carbonyl (C=O) groups excluding carboxylic acids is 1. The first-order valence-electron chi connectivity index (χ1n) is 7.58. The van der Waals surface area contributed by atoms with Gasteiger partial charge in [0.15, 0.2) is 0 Å². The molecule has 7 heteroatoms. The Kier molecular flexibility index (Phi) is 7.95. The van der Waals surface area contributed by atoms with Crippen LogP contribution in [0.3, 0.4) is 0 Å². The van der Waals surface area contributed by atoms with Crippen LogP contribution in [-0.2, 0) is 9.47 Å². The quantitative estimate of drug-likeness (QED) is 0.506. The van der Waals surface area contributed by atoms with Crippen molar-refractivity contribution in [1.82, 2.24) is 5.32 Å². The summed E-state index contributed by atoms with van der Waals surface area (Å²) in [7, 11) is 0. The van der Waals surface area contributed by atoms with Crippen LogP contribution in [-0.4, -0.2) is 59.2 Å². The third kappa shape index (κ3) is 5.43. The van der Waals surface area contributed by atoms with Crippen LogP contribution >= 0.6 is 0 Å². The summed E-state index contributed by atoms with van der Waals surface area (Å²) in [5.74, 6) is -0.557. The highest BCUT2D eigenvalue weighted by molar-refractivity contribution is 5.67. The van der Waals surface area contributed by atoms with Crippen molar-refractivity contribution in [3.05, 3.63) is 0 Å². The second kappa shape index (κ2) is 9.19. The molecule has 1 aliphatic rings. The Labute approximate surface area is 125 Å². The van der Waals surface area contributed by atoms with E-state index in [1.807, 2.05) is 0 Å². The van der Waals surface area contributed by atoms with Crippen LogP contribution in [0.2, 0.25) is 0 Å². The molecule has 0 aromatic heterocycles. The number of amides is 1. The third-order valence-corrected chi connectivity index (χ3v) is 3.75. The Morgan fingerprint density at radius 3 is 2.57 bits per heavy atom. The molecule has 1 fully saturated rings. The predicted octanol–water partition coefficient (Wildman–Crippen LogP) is 0.368. The van der Waals surface area contributed by atoms with Gasteiger partial charge in [0, 0.05) is 12.5 Å². The summed E-state index contributed by atoms with van der Waals surface area (Å²) in [6, 6.07) is 0. The van der Waals surface area contributed by atoms with Gasteiger partial charge in [-0.05, 0) is 6.42 Å². The molecule has 0 aromatic carbocycles. The highest BCUT2D eigenvalue weighted by Crippen LogP contribution is 2.26. The summed E-state index contributed by atoms with van der Waals surface area (Å²) in [5.41, 5.74) is 0. The molecule has 21 heavy (non-hydrogen) atoms. The smallest absolute Gasteiger partial charge is 0.409 e. The molecule has 1 saturated heterocycles. The minimum Gasteiger partial charge on any atom is -0.417 e. The van der Waals surface area contributed by atoms with Gasteiger partial charge in [0.1, 0.15) is 12.2 Å². The lowest BCUT2D eigenvalue weighted by molar-refractivity contribution is -0.269. The van der Waals surface area contributed by atoms with E-state index in [0.29, 0.717) is 6.54 Å². The lowest BCUT2D eigenvalue weighted by atomic mass is 9.91. The molecule has 1 unspecified atom stereocenters.